The molecule has 0 fully saturated rings. The largest absolute Gasteiger partial charge is 0.493 e. The Morgan fingerprint density at radius 1 is 1.09 bits per heavy atom. The molecule has 7 nitrogen and oxygen atoms in total. The van der Waals surface area contributed by atoms with Crippen molar-refractivity contribution in [2.45, 2.75) is 19.1 Å². The van der Waals surface area contributed by atoms with Crippen LogP contribution in [-0.2, 0) is 23.9 Å². The Hall–Kier alpha value is -3.95. The lowest BCUT2D eigenvalue weighted by atomic mass is 10.0. The van der Waals surface area contributed by atoms with Crippen molar-refractivity contribution < 1.29 is 36.9 Å². The molecule has 3 aromatic rings. The van der Waals surface area contributed by atoms with Gasteiger partial charge in [-0.25, -0.2) is 0 Å². The van der Waals surface area contributed by atoms with Crippen LogP contribution in [-0.4, -0.2) is 42.8 Å². The van der Waals surface area contributed by atoms with E-state index in [9.17, 15) is 18.0 Å². The maximum atomic E-state index is 13.1. The molecule has 0 spiro atoms. The number of halogens is 3. The minimum absolute atomic E-state index is 0.0997. The second kappa shape index (κ2) is 9.01. The number of hydrogen-bond acceptors (Lipinski definition) is 6. The lowest BCUT2D eigenvalue weighted by Crippen LogP contribution is -2.33. The van der Waals surface area contributed by atoms with E-state index in [2.05, 4.69) is 4.98 Å². The molecule has 182 valence electrons. The lowest BCUT2D eigenvalue weighted by molar-refractivity contribution is -0.137. The smallest absolute Gasteiger partial charge is 0.417 e. The lowest BCUT2D eigenvalue weighted by Gasteiger charge is -2.20. The van der Waals surface area contributed by atoms with Crippen molar-refractivity contribution in [2.75, 3.05) is 27.1 Å². The van der Waals surface area contributed by atoms with Gasteiger partial charge >= 0.3 is 6.18 Å². The molecule has 10 heteroatoms. The molecule has 3 heterocycles. The van der Waals surface area contributed by atoms with Crippen LogP contribution >= 0.6 is 0 Å². The topological polar surface area (TPSA) is 70.1 Å². The van der Waals surface area contributed by atoms with Crippen LogP contribution in [0.2, 0.25) is 0 Å². The molecule has 2 aliphatic rings. The molecule has 0 N–H and O–H groups in total. The number of amides is 1. The molecule has 2 aromatic carbocycles. The highest BCUT2D eigenvalue weighted by Crippen LogP contribution is 2.39. The maximum Gasteiger partial charge on any atom is 0.417 e. The van der Waals surface area contributed by atoms with Gasteiger partial charge in [0, 0.05) is 23.9 Å². The van der Waals surface area contributed by atoms with Crippen LogP contribution in [0.15, 0.2) is 48.7 Å². The Bertz CT molecular complexity index is 1260. The molecule has 0 saturated heterocycles. The average molecular weight is 486 g/mol. The molecule has 0 radical (unpaired) electrons. The van der Waals surface area contributed by atoms with Gasteiger partial charge in [-0.2, -0.15) is 13.2 Å². The van der Waals surface area contributed by atoms with Crippen LogP contribution in [0.3, 0.4) is 0 Å². The number of benzene rings is 2. The van der Waals surface area contributed by atoms with Gasteiger partial charge in [-0.3, -0.25) is 9.78 Å². The molecular weight excluding hydrogens is 465 g/mol. The van der Waals surface area contributed by atoms with E-state index in [-0.39, 0.29) is 32.3 Å². The van der Waals surface area contributed by atoms with Crippen molar-refractivity contribution in [1.29, 1.82) is 0 Å². The standard InChI is InChI=1S/C25H21F3N2O5/c1-32-22-11-16(19-4-3-18(12-29-19)25(26,27)28)10-17-13-30(6-7-33-24(17)22)23(31)9-15-2-5-20-21(8-15)35-14-34-20/h2-5,8,10-12H,6-7,9,13-14H2,1H3. The van der Waals surface area contributed by atoms with Crippen LogP contribution in [0.4, 0.5) is 13.2 Å². The van der Waals surface area contributed by atoms with E-state index in [1.165, 1.54) is 13.2 Å². The first-order valence-corrected chi connectivity index (χ1v) is 10.9. The molecule has 1 amide bonds. The van der Waals surface area contributed by atoms with E-state index >= 15 is 0 Å². The van der Waals surface area contributed by atoms with E-state index in [1.54, 1.807) is 29.2 Å². The Morgan fingerprint density at radius 2 is 1.91 bits per heavy atom. The SMILES string of the molecule is COc1cc(-c2ccc(C(F)(F)F)cn2)cc2c1OCCN(C(=O)Cc1ccc3c(c1)OCO3)C2. The third kappa shape index (κ3) is 4.68. The number of fused-ring (bicyclic) bond motifs is 2. The van der Waals surface area contributed by atoms with Gasteiger partial charge in [0.1, 0.15) is 6.61 Å². The van der Waals surface area contributed by atoms with Crippen molar-refractivity contribution in [3.8, 4) is 34.3 Å². The molecule has 1 aromatic heterocycles. The van der Waals surface area contributed by atoms with Gasteiger partial charge in [-0.05, 0) is 42.0 Å². The van der Waals surface area contributed by atoms with Gasteiger partial charge in [0.25, 0.3) is 0 Å². The molecule has 0 aliphatic carbocycles. The number of ether oxygens (including phenoxy) is 4. The van der Waals surface area contributed by atoms with Crippen LogP contribution in [0.25, 0.3) is 11.3 Å². The van der Waals surface area contributed by atoms with E-state index in [4.69, 9.17) is 18.9 Å². The van der Waals surface area contributed by atoms with Crippen molar-refractivity contribution in [1.82, 2.24) is 9.88 Å². The molecule has 5 rings (SSSR count). The summed E-state index contributed by atoms with van der Waals surface area (Å²) in [5, 5.41) is 0. The number of rotatable bonds is 4. The van der Waals surface area contributed by atoms with E-state index in [0.717, 1.165) is 17.8 Å². The third-order valence-electron chi connectivity index (χ3n) is 5.85. The summed E-state index contributed by atoms with van der Waals surface area (Å²) >= 11 is 0. The normalized spacial score (nSPS) is 14.7. The first kappa shape index (κ1) is 22.8. The number of pyridine rings is 1. The van der Waals surface area contributed by atoms with Gasteiger partial charge in [0.15, 0.2) is 23.0 Å². The van der Waals surface area contributed by atoms with Gasteiger partial charge in [0.05, 0.1) is 31.3 Å². The number of carbonyl (C=O) groups is 1. The summed E-state index contributed by atoms with van der Waals surface area (Å²) in [6.45, 7) is 1.05. The van der Waals surface area contributed by atoms with Gasteiger partial charge in [-0.1, -0.05) is 6.07 Å². The zero-order valence-electron chi connectivity index (χ0n) is 18.7. The number of alkyl halides is 3. The summed E-state index contributed by atoms with van der Waals surface area (Å²) in [5.74, 6) is 2.08. The summed E-state index contributed by atoms with van der Waals surface area (Å²) in [6.07, 6.45) is -3.50. The fraction of sp³-hybridized carbons (Fsp3) is 0.280. The summed E-state index contributed by atoms with van der Waals surface area (Å²) in [7, 11) is 1.48. The zero-order chi connectivity index (χ0) is 24.6. The monoisotopic (exact) mass is 486 g/mol. The predicted molar refractivity (Wildman–Crippen MR) is 118 cm³/mol. The molecule has 0 atom stereocenters. The fourth-order valence-electron chi connectivity index (χ4n) is 4.07. The van der Waals surface area contributed by atoms with Crippen molar-refractivity contribution in [2.24, 2.45) is 0 Å². The van der Waals surface area contributed by atoms with Crippen LogP contribution < -0.4 is 18.9 Å². The Balaban J connectivity index is 1.40. The fourth-order valence-corrected chi connectivity index (χ4v) is 4.07. The average Bonchev–Trinajstić information content (AvgIpc) is 3.20. The van der Waals surface area contributed by atoms with Crippen molar-refractivity contribution in [3.63, 3.8) is 0 Å². The summed E-state index contributed by atoms with van der Waals surface area (Å²) in [6, 6.07) is 11.1. The zero-order valence-corrected chi connectivity index (χ0v) is 18.7. The van der Waals surface area contributed by atoms with Crippen LogP contribution in [0, 0.1) is 0 Å². The Morgan fingerprint density at radius 3 is 2.66 bits per heavy atom. The first-order chi connectivity index (χ1) is 16.8. The second-order valence-corrected chi connectivity index (χ2v) is 8.12. The van der Waals surface area contributed by atoms with E-state index in [1.807, 2.05) is 6.07 Å². The molecule has 0 bridgehead atoms. The molecule has 0 unspecified atom stereocenters. The van der Waals surface area contributed by atoms with Gasteiger partial charge in [-0.15, -0.1) is 0 Å². The highest BCUT2D eigenvalue weighted by Gasteiger charge is 2.31. The molecule has 35 heavy (non-hydrogen) atoms. The highest BCUT2D eigenvalue weighted by atomic mass is 19.4. The summed E-state index contributed by atoms with van der Waals surface area (Å²) < 4.78 is 60.8. The quantitative estimate of drug-likeness (QED) is 0.542. The number of methoxy groups -OCH3 is 1. The number of aromatic nitrogens is 1. The predicted octanol–water partition coefficient (Wildman–Crippen LogP) is 4.47. The van der Waals surface area contributed by atoms with E-state index in [0.29, 0.717) is 46.4 Å². The third-order valence-corrected chi connectivity index (χ3v) is 5.85. The highest BCUT2D eigenvalue weighted by molar-refractivity contribution is 5.79. The van der Waals surface area contributed by atoms with Crippen LogP contribution in [0.5, 0.6) is 23.0 Å². The summed E-state index contributed by atoms with van der Waals surface area (Å²) in [5.41, 5.74) is 1.55. The number of hydrogen-bond donors (Lipinski definition) is 0. The van der Waals surface area contributed by atoms with E-state index < -0.39 is 11.7 Å². The van der Waals surface area contributed by atoms with Gasteiger partial charge in [0.2, 0.25) is 12.7 Å². The Kier molecular flexibility index (Phi) is 5.88. The molecular formula is C25H21F3N2O5. The van der Waals surface area contributed by atoms with Crippen molar-refractivity contribution >= 4 is 5.91 Å². The van der Waals surface area contributed by atoms with Gasteiger partial charge < -0.3 is 23.8 Å². The summed E-state index contributed by atoms with van der Waals surface area (Å²) in [4.78, 5) is 18.8. The maximum absolute atomic E-state index is 13.1. The number of carbonyl (C=O) groups excluding carboxylic acids is 1. The minimum atomic E-state index is -4.47. The Labute approximate surface area is 199 Å². The van der Waals surface area contributed by atoms with Crippen LogP contribution in [0.1, 0.15) is 16.7 Å². The minimum Gasteiger partial charge on any atom is -0.493 e. The molecule has 0 saturated carbocycles. The van der Waals surface area contributed by atoms with Crippen molar-refractivity contribution in [3.05, 3.63) is 65.4 Å². The number of nitrogens with zero attached hydrogens (tertiary/aromatic N) is 2. The first-order valence-electron chi connectivity index (χ1n) is 10.9. The second-order valence-electron chi connectivity index (χ2n) is 8.12. The molecule has 2 aliphatic heterocycles.